The van der Waals surface area contributed by atoms with Crippen LogP contribution in [0.25, 0.3) is 0 Å². The smallest absolute Gasteiger partial charge is 0.223 e. The van der Waals surface area contributed by atoms with Crippen LogP contribution in [0.2, 0.25) is 0 Å². The van der Waals surface area contributed by atoms with Crippen molar-refractivity contribution >= 4 is 11.6 Å². The van der Waals surface area contributed by atoms with Gasteiger partial charge < -0.3 is 4.90 Å². The number of benzene rings is 1. The third-order valence-electron chi connectivity index (χ3n) is 7.57. The summed E-state index contributed by atoms with van der Waals surface area (Å²) in [6.07, 6.45) is 7.57. The average molecular weight is 443 g/mol. The molecule has 1 amide bonds. The van der Waals surface area contributed by atoms with Crippen LogP contribution in [-0.4, -0.2) is 59.1 Å². The Kier molecular flexibility index (Phi) is 6.41. The number of aromatic nitrogens is 1. The lowest BCUT2D eigenvalue weighted by Gasteiger charge is -2.35. The second kappa shape index (κ2) is 9.60. The van der Waals surface area contributed by atoms with Gasteiger partial charge in [0, 0.05) is 50.6 Å². The maximum atomic E-state index is 13.3. The lowest BCUT2D eigenvalue weighted by Crippen LogP contribution is -2.41. The number of aliphatic imine (C=N–C) groups is 1. The normalized spacial score (nSPS) is 21.2. The highest BCUT2D eigenvalue weighted by Crippen LogP contribution is 2.29. The molecule has 3 aliphatic heterocycles. The lowest BCUT2D eigenvalue weighted by atomic mass is 9.91. The summed E-state index contributed by atoms with van der Waals surface area (Å²) in [4.78, 5) is 26.9. The van der Waals surface area contributed by atoms with Crippen molar-refractivity contribution in [3.63, 3.8) is 0 Å². The first kappa shape index (κ1) is 22.0. The standard InChI is InChI=1S/C28H34N4O/c1-20-5-3-6-21(2)25(20)18-31-13-4-7-22(17-31)15-27(33)32-14-10-24-16-30-28(26(24)19-32)23-8-11-29-12-9-23/h3,5-6,8-9,11-12,22H,4,7,10,13-19H2,1-2H3/t22-/m0/s1. The van der Waals surface area contributed by atoms with Crippen LogP contribution in [0.5, 0.6) is 0 Å². The van der Waals surface area contributed by atoms with Crippen LogP contribution in [0.1, 0.15) is 47.9 Å². The summed E-state index contributed by atoms with van der Waals surface area (Å²) in [5.41, 5.74) is 9.03. The van der Waals surface area contributed by atoms with Crippen LogP contribution in [0, 0.1) is 19.8 Å². The van der Waals surface area contributed by atoms with Gasteiger partial charge in [0.15, 0.2) is 0 Å². The van der Waals surface area contributed by atoms with Crippen molar-refractivity contribution in [1.29, 1.82) is 0 Å². The number of likely N-dealkylation sites (tertiary alicyclic amines) is 1. The number of piperidine rings is 1. The number of rotatable bonds is 5. The van der Waals surface area contributed by atoms with Crippen molar-refractivity contribution in [3.05, 3.63) is 76.1 Å². The van der Waals surface area contributed by atoms with Crippen LogP contribution >= 0.6 is 0 Å². The summed E-state index contributed by atoms with van der Waals surface area (Å²) in [5.74, 6) is 0.754. The van der Waals surface area contributed by atoms with E-state index in [0.29, 0.717) is 24.8 Å². The van der Waals surface area contributed by atoms with Crippen LogP contribution in [0.3, 0.4) is 0 Å². The summed E-state index contributed by atoms with van der Waals surface area (Å²) in [6.45, 7) is 9.87. The molecule has 0 aliphatic carbocycles. The molecular formula is C28H34N4O. The molecule has 5 nitrogen and oxygen atoms in total. The Morgan fingerprint density at radius 1 is 1.09 bits per heavy atom. The highest BCUT2D eigenvalue weighted by atomic mass is 16.2. The van der Waals surface area contributed by atoms with Crippen molar-refractivity contribution < 1.29 is 4.79 Å². The molecule has 0 unspecified atom stereocenters. The number of pyridine rings is 1. The molecule has 0 spiro atoms. The second-order valence-electron chi connectivity index (χ2n) is 9.87. The Balaban J connectivity index is 1.20. The number of hydrogen-bond donors (Lipinski definition) is 0. The topological polar surface area (TPSA) is 48.8 Å². The fourth-order valence-corrected chi connectivity index (χ4v) is 5.64. The first-order valence-corrected chi connectivity index (χ1v) is 12.3. The Morgan fingerprint density at radius 3 is 2.67 bits per heavy atom. The van der Waals surface area contributed by atoms with Crippen LogP contribution < -0.4 is 0 Å². The molecule has 1 aromatic carbocycles. The molecule has 5 rings (SSSR count). The Morgan fingerprint density at radius 2 is 1.88 bits per heavy atom. The van der Waals surface area contributed by atoms with Crippen molar-refractivity contribution in [3.8, 4) is 0 Å². The molecule has 0 radical (unpaired) electrons. The highest BCUT2D eigenvalue weighted by molar-refractivity contribution is 6.15. The molecule has 1 saturated heterocycles. The van der Waals surface area contributed by atoms with Crippen molar-refractivity contribution in [2.75, 3.05) is 32.7 Å². The van der Waals surface area contributed by atoms with E-state index >= 15 is 0 Å². The third-order valence-corrected chi connectivity index (χ3v) is 7.57. The van der Waals surface area contributed by atoms with Gasteiger partial charge >= 0.3 is 0 Å². The number of hydrogen-bond acceptors (Lipinski definition) is 4. The molecule has 1 atom stereocenters. The molecule has 0 saturated carbocycles. The maximum absolute atomic E-state index is 13.3. The van der Waals surface area contributed by atoms with E-state index in [1.807, 2.05) is 24.5 Å². The van der Waals surface area contributed by atoms with Gasteiger partial charge in [-0.1, -0.05) is 18.2 Å². The Labute approximate surface area is 197 Å². The molecule has 1 fully saturated rings. The number of carbonyl (C=O) groups excluding carboxylic acids is 1. The summed E-state index contributed by atoms with van der Waals surface area (Å²) in [6, 6.07) is 10.6. The molecule has 33 heavy (non-hydrogen) atoms. The van der Waals surface area contributed by atoms with E-state index < -0.39 is 0 Å². The zero-order chi connectivity index (χ0) is 22.8. The van der Waals surface area contributed by atoms with E-state index in [1.165, 1.54) is 34.3 Å². The quantitative estimate of drug-likeness (QED) is 0.692. The first-order valence-electron chi connectivity index (χ1n) is 12.3. The van der Waals surface area contributed by atoms with Crippen LogP contribution in [0.15, 0.2) is 58.9 Å². The first-order chi connectivity index (χ1) is 16.1. The largest absolute Gasteiger partial charge is 0.338 e. The van der Waals surface area contributed by atoms with Gasteiger partial charge in [0.25, 0.3) is 0 Å². The van der Waals surface area contributed by atoms with Gasteiger partial charge in [0.2, 0.25) is 5.91 Å². The molecule has 4 heterocycles. The summed E-state index contributed by atoms with van der Waals surface area (Å²) >= 11 is 0. The molecule has 3 aliphatic rings. The van der Waals surface area contributed by atoms with Crippen LogP contribution in [-0.2, 0) is 11.3 Å². The van der Waals surface area contributed by atoms with E-state index in [-0.39, 0.29) is 0 Å². The van der Waals surface area contributed by atoms with Crippen molar-refractivity contribution in [2.45, 2.75) is 46.1 Å². The minimum absolute atomic E-state index is 0.307. The van der Waals surface area contributed by atoms with E-state index in [1.54, 1.807) is 0 Å². The number of carbonyl (C=O) groups is 1. The highest BCUT2D eigenvalue weighted by Gasteiger charge is 2.31. The summed E-state index contributed by atoms with van der Waals surface area (Å²) in [7, 11) is 0. The predicted molar refractivity (Wildman–Crippen MR) is 132 cm³/mol. The minimum atomic E-state index is 0.307. The molecule has 0 bridgehead atoms. The Bertz CT molecular complexity index is 1070. The number of amides is 1. The lowest BCUT2D eigenvalue weighted by molar-refractivity contribution is -0.132. The molecule has 0 N–H and O–H groups in total. The van der Waals surface area contributed by atoms with Gasteiger partial charge in [0.1, 0.15) is 0 Å². The van der Waals surface area contributed by atoms with Gasteiger partial charge in [-0.2, -0.15) is 0 Å². The van der Waals surface area contributed by atoms with Crippen molar-refractivity contribution in [2.24, 2.45) is 10.9 Å². The Hall–Kier alpha value is -2.79. The number of nitrogens with zero attached hydrogens (tertiary/aromatic N) is 4. The second-order valence-corrected chi connectivity index (χ2v) is 9.87. The summed E-state index contributed by atoms with van der Waals surface area (Å²) in [5, 5.41) is 0. The van der Waals surface area contributed by atoms with Gasteiger partial charge in [-0.15, -0.1) is 0 Å². The van der Waals surface area contributed by atoms with Crippen molar-refractivity contribution in [1.82, 2.24) is 14.8 Å². The molecule has 1 aromatic heterocycles. The van der Waals surface area contributed by atoms with E-state index in [4.69, 9.17) is 4.99 Å². The molecular weight excluding hydrogens is 408 g/mol. The van der Waals surface area contributed by atoms with Gasteiger partial charge in [-0.05, 0) is 85.5 Å². The minimum Gasteiger partial charge on any atom is -0.338 e. The van der Waals surface area contributed by atoms with E-state index in [2.05, 4.69) is 46.8 Å². The molecule has 5 heteroatoms. The molecule has 2 aromatic rings. The van der Waals surface area contributed by atoms with Gasteiger partial charge in [-0.25, -0.2) is 0 Å². The summed E-state index contributed by atoms with van der Waals surface area (Å²) < 4.78 is 0. The SMILES string of the molecule is Cc1cccc(C)c1CN1CCC[C@@H](CC(=O)N2CCC3=C(C2)C(c2ccncc2)=NC3)C1. The average Bonchev–Trinajstić information content (AvgIpc) is 3.26. The zero-order valence-electron chi connectivity index (χ0n) is 19.9. The third kappa shape index (κ3) is 4.79. The monoisotopic (exact) mass is 442 g/mol. The maximum Gasteiger partial charge on any atom is 0.223 e. The zero-order valence-corrected chi connectivity index (χ0v) is 19.9. The number of aryl methyl sites for hydroxylation is 2. The fraction of sp³-hybridized carbons (Fsp3) is 0.464. The van der Waals surface area contributed by atoms with Gasteiger partial charge in [0.05, 0.1) is 12.3 Å². The molecule has 172 valence electrons. The fourth-order valence-electron chi connectivity index (χ4n) is 5.64. The van der Waals surface area contributed by atoms with Crippen LogP contribution in [0.4, 0.5) is 0 Å². The predicted octanol–water partition coefficient (Wildman–Crippen LogP) is 4.33. The van der Waals surface area contributed by atoms with Gasteiger partial charge in [-0.3, -0.25) is 19.7 Å². The van der Waals surface area contributed by atoms with E-state index in [0.717, 1.165) is 56.8 Å². The van der Waals surface area contributed by atoms with E-state index in [9.17, 15) is 4.79 Å².